The second-order valence-corrected chi connectivity index (χ2v) is 7.51. The number of aromatic nitrogens is 2. The zero-order valence-corrected chi connectivity index (χ0v) is 16.9. The first-order valence-electron chi connectivity index (χ1n) is 9.88. The smallest absolute Gasteiger partial charge is 0.317 e. The van der Waals surface area contributed by atoms with Gasteiger partial charge in [0.25, 0.3) is 0 Å². The summed E-state index contributed by atoms with van der Waals surface area (Å²) < 4.78 is 0. The summed E-state index contributed by atoms with van der Waals surface area (Å²) in [4.78, 5) is 25.1. The van der Waals surface area contributed by atoms with Crippen LogP contribution in [-0.4, -0.2) is 54.1 Å². The Morgan fingerprint density at radius 3 is 2.64 bits per heavy atom. The predicted molar refractivity (Wildman–Crippen MR) is 113 cm³/mol. The molecule has 3 heterocycles. The van der Waals surface area contributed by atoms with E-state index in [1.807, 2.05) is 55.2 Å². The van der Waals surface area contributed by atoms with Crippen LogP contribution in [0.5, 0.6) is 0 Å². The number of carbonyl (C=O) groups is 1. The lowest BCUT2D eigenvalue weighted by Crippen LogP contribution is -2.41. The van der Waals surface area contributed by atoms with Crippen LogP contribution in [0.1, 0.15) is 37.8 Å². The molecule has 7 nitrogen and oxygen atoms in total. The average Bonchev–Trinajstić information content (AvgIpc) is 2.94. The molecule has 28 heavy (non-hydrogen) atoms. The van der Waals surface area contributed by atoms with Crippen molar-refractivity contribution in [1.29, 1.82) is 0 Å². The Morgan fingerprint density at radius 1 is 1.18 bits per heavy atom. The van der Waals surface area contributed by atoms with Crippen LogP contribution < -0.4 is 15.5 Å². The molecule has 0 saturated carbocycles. The van der Waals surface area contributed by atoms with E-state index in [-0.39, 0.29) is 12.1 Å². The highest BCUT2D eigenvalue weighted by Crippen LogP contribution is 2.19. The van der Waals surface area contributed by atoms with Crippen molar-refractivity contribution >= 4 is 17.5 Å². The van der Waals surface area contributed by atoms with Gasteiger partial charge < -0.3 is 20.4 Å². The molecule has 2 amide bonds. The van der Waals surface area contributed by atoms with Gasteiger partial charge in [-0.2, -0.15) is 0 Å². The third-order valence-electron chi connectivity index (χ3n) is 5.14. The largest absolute Gasteiger partial charge is 0.381 e. The highest BCUT2D eigenvalue weighted by atomic mass is 16.2. The molecule has 0 radical (unpaired) electrons. The van der Waals surface area contributed by atoms with E-state index in [9.17, 15) is 4.79 Å². The number of rotatable bonds is 5. The summed E-state index contributed by atoms with van der Waals surface area (Å²) in [5.74, 6) is 0.942. The molecule has 1 saturated heterocycles. The second kappa shape index (κ2) is 9.39. The van der Waals surface area contributed by atoms with Crippen molar-refractivity contribution in [3.05, 3.63) is 48.4 Å². The number of amides is 2. The lowest BCUT2D eigenvalue weighted by molar-refractivity contribution is 0.196. The number of likely N-dealkylation sites (tertiary alicyclic amines) is 1. The third-order valence-corrected chi connectivity index (χ3v) is 5.14. The van der Waals surface area contributed by atoms with Gasteiger partial charge in [-0.05, 0) is 56.0 Å². The van der Waals surface area contributed by atoms with Crippen molar-refractivity contribution in [1.82, 2.24) is 20.2 Å². The van der Waals surface area contributed by atoms with Gasteiger partial charge in [-0.15, -0.1) is 0 Å². The van der Waals surface area contributed by atoms with Crippen molar-refractivity contribution < 1.29 is 4.79 Å². The predicted octanol–water partition coefficient (Wildman–Crippen LogP) is 3.28. The van der Waals surface area contributed by atoms with Crippen LogP contribution in [0.2, 0.25) is 0 Å². The summed E-state index contributed by atoms with van der Waals surface area (Å²) in [6, 6.07) is 8.26. The Balaban J connectivity index is 1.50. The minimum absolute atomic E-state index is 0.00182. The van der Waals surface area contributed by atoms with E-state index < -0.39 is 0 Å². The number of nitrogens with zero attached hydrogens (tertiary/aromatic N) is 4. The van der Waals surface area contributed by atoms with Gasteiger partial charge in [0.1, 0.15) is 5.82 Å². The van der Waals surface area contributed by atoms with Crippen LogP contribution in [0.4, 0.5) is 16.3 Å². The lowest BCUT2D eigenvalue weighted by Gasteiger charge is -2.24. The van der Waals surface area contributed by atoms with Crippen molar-refractivity contribution in [2.75, 3.05) is 37.4 Å². The van der Waals surface area contributed by atoms with Gasteiger partial charge in [0, 0.05) is 45.6 Å². The Kier molecular flexibility index (Phi) is 6.68. The lowest BCUT2D eigenvalue weighted by atomic mass is 10.1. The van der Waals surface area contributed by atoms with E-state index in [1.165, 1.54) is 0 Å². The minimum atomic E-state index is -0.0334. The van der Waals surface area contributed by atoms with Crippen molar-refractivity contribution in [3.63, 3.8) is 0 Å². The van der Waals surface area contributed by atoms with Gasteiger partial charge in [0.05, 0.1) is 17.9 Å². The van der Waals surface area contributed by atoms with Crippen molar-refractivity contribution in [2.24, 2.45) is 0 Å². The van der Waals surface area contributed by atoms with Crippen LogP contribution in [0, 0.1) is 0 Å². The number of nitrogens with one attached hydrogen (secondary N) is 2. The van der Waals surface area contributed by atoms with E-state index in [1.54, 1.807) is 12.4 Å². The molecule has 1 aliphatic rings. The van der Waals surface area contributed by atoms with E-state index in [2.05, 4.69) is 26.7 Å². The summed E-state index contributed by atoms with van der Waals surface area (Å²) in [5.41, 5.74) is 2.09. The van der Waals surface area contributed by atoms with Crippen LogP contribution in [0.25, 0.3) is 0 Å². The minimum Gasteiger partial charge on any atom is -0.381 e. The standard InChI is InChI=1S/C21H30N6O/c1-16(17-8-11-22-12-9-17)24-21(28)27-13-4-5-18(10-14-27)25-19-6-7-20(23-15-19)26(2)3/h6-9,11-12,15-16,18,25H,4-5,10,13-14H2,1-3H3,(H,24,28)/t16-,18-/m0/s1. The molecular weight excluding hydrogens is 352 g/mol. The van der Waals surface area contributed by atoms with Gasteiger partial charge in [-0.25, -0.2) is 9.78 Å². The van der Waals surface area contributed by atoms with Crippen molar-refractivity contribution in [2.45, 2.75) is 38.3 Å². The maximum absolute atomic E-state index is 12.7. The Labute approximate surface area is 167 Å². The molecule has 7 heteroatoms. The maximum atomic E-state index is 12.7. The quantitative estimate of drug-likeness (QED) is 0.830. The summed E-state index contributed by atoms with van der Waals surface area (Å²) in [6.07, 6.45) is 8.32. The highest BCUT2D eigenvalue weighted by molar-refractivity contribution is 5.74. The first-order chi connectivity index (χ1) is 13.5. The average molecular weight is 383 g/mol. The SMILES string of the molecule is C[C@H](NC(=O)N1CCC[C@H](Nc2ccc(N(C)C)nc2)CC1)c1ccncc1. The van der Waals surface area contributed by atoms with Crippen LogP contribution >= 0.6 is 0 Å². The molecule has 2 aromatic rings. The molecular formula is C21H30N6O. The van der Waals surface area contributed by atoms with Gasteiger partial charge in [0.15, 0.2) is 0 Å². The van der Waals surface area contributed by atoms with E-state index in [0.717, 1.165) is 49.4 Å². The summed E-state index contributed by atoms with van der Waals surface area (Å²) in [7, 11) is 3.96. The number of urea groups is 1. The van der Waals surface area contributed by atoms with Gasteiger partial charge >= 0.3 is 6.03 Å². The molecule has 0 aromatic carbocycles. The number of hydrogen-bond donors (Lipinski definition) is 2. The Hall–Kier alpha value is -2.83. The van der Waals surface area contributed by atoms with E-state index in [4.69, 9.17) is 0 Å². The number of pyridine rings is 2. The van der Waals surface area contributed by atoms with Crippen LogP contribution in [0.3, 0.4) is 0 Å². The molecule has 0 spiro atoms. The van der Waals surface area contributed by atoms with Crippen LogP contribution in [0.15, 0.2) is 42.9 Å². The molecule has 1 fully saturated rings. The number of carbonyl (C=O) groups excluding carboxylic acids is 1. The zero-order valence-electron chi connectivity index (χ0n) is 16.9. The summed E-state index contributed by atoms with van der Waals surface area (Å²) in [6.45, 7) is 3.53. The summed E-state index contributed by atoms with van der Waals surface area (Å²) >= 11 is 0. The number of hydrogen-bond acceptors (Lipinski definition) is 5. The zero-order chi connectivity index (χ0) is 19.9. The second-order valence-electron chi connectivity index (χ2n) is 7.51. The molecule has 2 N–H and O–H groups in total. The topological polar surface area (TPSA) is 73.4 Å². The monoisotopic (exact) mass is 382 g/mol. The summed E-state index contributed by atoms with van der Waals surface area (Å²) in [5, 5.41) is 6.67. The first kappa shape index (κ1) is 19.9. The normalized spacial score (nSPS) is 18.1. The molecule has 0 bridgehead atoms. The van der Waals surface area contributed by atoms with Gasteiger partial charge in [-0.1, -0.05) is 0 Å². The van der Waals surface area contributed by atoms with Crippen LogP contribution in [-0.2, 0) is 0 Å². The first-order valence-corrected chi connectivity index (χ1v) is 9.88. The molecule has 3 rings (SSSR count). The fourth-order valence-electron chi connectivity index (χ4n) is 3.43. The number of anilines is 2. The Bertz CT molecular complexity index is 749. The third kappa shape index (κ3) is 5.34. The van der Waals surface area contributed by atoms with E-state index >= 15 is 0 Å². The molecule has 0 unspecified atom stereocenters. The highest BCUT2D eigenvalue weighted by Gasteiger charge is 2.22. The molecule has 0 aliphatic carbocycles. The maximum Gasteiger partial charge on any atom is 0.317 e. The molecule has 2 aromatic heterocycles. The fourth-order valence-corrected chi connectivity index (χ4v) is 3.43. The van der Waals surface area contributed by atoms with Crippen molar-refractivity contribution in [3.8, 4) is 0 Å². The van der Waals surface area contributed by atoms with Gasteiger partial charge in [-0.3, -0.25) is 4.98 Å². The Morgan fingerprint density at radius 2 is 1.96 bits per heavy atom. The van der Waals surface area contributed by atoms with Gasteiger partial charge in [0.2, 0.25) is 0 Å². The molecule has 150 valence electrons. The fraction of sp³-hybridized carbons (Fsp3) is 0.476. The van der Waals surface area contributed by atoms with E-state index in [0.29, 0.717) is 6.04 Å². The molecule has 1 aliphatic heterocycles. The molecule has 2 atom stereocenters.